The standard InChI is InChI=1S/C20H22N4O2S/c1-15-22-23-20(24(15)13-17-6-4-3-5-7-17)27-14-19(25)21-12-16-8-10-18(26-2)11-9-16/h3-11H,12-14H2,1-2H3,(H,21,25). The first-order valence-electron chi connectivity index (χ1n) is 8.62. The van der Waals surface area contributed by atoms with E-state index in [1.807, 2.05) is 54.0 Å². The summed E-state index contributed by atoms with van der Waals surface area (Å²) in [5.41, 5.74) is 2.20. The van der Waals surface area contributed by atoms with Crippen molar-refractivity contribution in [3.05, 3.63) is 71.5 Å². The summed E-state index contributed by atoms with van der Waals surface area (Å²) in [6.07, 6.45) is 0. The van der Waals surface area contributed by atoms with Gasteiger partial charge in [-0.1, -0.05) is 54.2 Å². The van der Waals surface area contributed by atoms with Crippen LogP contribution in [0.25, 0.3) is 0 Å². The number of hydrogen-bond donors (Lipinski definition) is 1. The molecule has 0 bridgehead atoms. The fraction of sp³-hybridized carbons (Fsp3) is 0.250. The molecule has 0 saturated carbocycles. The smallest absolute Gasteiger partial charge is 0.230 e. The maximum absolute atomic E-state index is 12.2. The number of carbonyl (C=O) groups excluding carboxylic acids is 1. The number of methoxy groups -OCH3 is 1. The highest BCUT2D eigenvalue weighted by Crippen LogP contribution is 2.18. The van der Waals surface area contributed by atoms with Gasteiger partial charge in [-0.05, 0) is 30.2 Å². The van der Waals surface area contributed by atoms with Gasteiger partial charge in [0.15, 0.2) is 5.16 Å². The van der Waals surface area contributed by atoms with Gasteiger partial charge in [-0.25, -0.2) is 0 Å². The summed E-state index contributed by atoms with van der Waals surface area (Å²) in [4.78, 5) is 12.2. The highest BCUT2D eigenvalue weighted by atomic mass is 32.2. The summed E-state index contributed by atoms with van der Waals surface area (Å²) >= 11 is 1.39. The molecule has 1 heterocycles. The van der Waals surface area contributed by atoms with Gasteiger partial charge in [-0.15, -0.1) is 10.2 Å². The van der Waals surface area contributed by atoms with Crippen LogP contribution in [0, 0.1) is 6.92 Å². The minimum atomic E-state index is -0.0391. The minimum absolute atomic E-state index is 0.0391. The lowest BCUT2D eigenvalue weighted by Crippen LogP contribution is -2.24. The topological polar surface area (TPSA) is 69.0 Å². The average Bonchev–Trinajstić information content (AvgIpc) is 3.05. The van der Waals surface area contributed by atoms with Gasteiger partial charge >= 0.3 is 0 Å². The largest absolute Gasteiger partial charge is 0.497 e. The van der Waals surface area contributed by atoms with Crippen molar-refractivity contribution in [1.82, 2.24) is 20.1 Å². The maximum Gasteiger partial charge on any atom is 0.230 e. The molecule has 0 aliphatic heterocycles. The summed E-state index contributed by atoms with van der Waals surface area (Å²) in [5.74, 6) is 1.89. The highest BCUT2D eigenvalue weighted by Gasteiger charge is 2.12. The van der Waals surface area contributed by atoms with E-state index >= 15 is 0 Å². The molecule has 0 aliphatic rings. The maximum atomic E-state index is 12.2. The van der Waals surface area contributed by atoms with Crippen molar-refractivity contribution in [1.29, 1.82) is 0 Å². The van der Waals surface area contributed by atoms with Gasteiger partial charge in [0.25, 0.3) is 0 Å². The summed E-state index contributed by atoms with van der Waals surface area (Å²) < 4.78 is 7.16. The predicted molar refractivity (Wildman–Crippen MR) is 106 cm³/mol. The second kappa shape index (κ2) is 9.23. The number of hydrogen-bond acceptors (Lipinski definition) is 5. The molecule has 1 amide bonds. The fourth-order valence-corrected chi connectivity index (χ4v) is 3.35. The molecule has 0 aliphatic carbocycles. The quantitative estimate of drug-likeness (QED) is 0.607. The van der Waals surface area contributed by atoms with E-state index in [0.717, 1.165) is 22.3 Å². The van der Waals surface area contributed by atoms with Crippen molar-refractivity contribution < 1.29 is 9.53 Å². The number of amides is 1. The Morgan fingerprint density at radius 3 is 2.52 bits per heavy atom. The lowest BCUT2D eigenvalue weighted by molar-refractivity contribution is -0.118. The molecule has 2 aromatic carbocycles. The van der Waals surface area contributed by atoms with Crippen LogP contribution in [-0.2, 0) is 17.9 Å². The number of aromatic nitrogens is 3. The van der Waals surface area contributed by atoms with E-state index in [0.29, 0.717) is 18.8 Å². The third kappa shape index (κ3) is 5.34. The zero-order valence-corrected chi connectivity index (χ0v) is 16.2. The summed E-state index contributed by atoms with van der Waals surface area (Å²) in [5, 5.41) is 12.0. The monoisotopic (exact) mass is 382 g/mol. The summed E-state index contributed by atoms with van der Waals surface area (Å²) in [6, 6.07) is 17.8. The molecule has 1 aromatic heterocycles. The van der Waals surface area contributed by atoms with Crippen molar-refractivity contribution in [2.75, 3.05) is 12.9 Å². The fourth-order valence-electron chi connectivity index (χ4n) is 2.54. The zero-order chi connectivity index (χ0) is 19.1. The molecule has 1 N–H and O–H groups in total. The molecule has 0 fully saturated rings. The van der Waals surface area contributed by atoms with Crippen molar-refractivity contribution >= 4 is 17.7 Å². The van der Waals surface area contributed by atoms with Crippen molar-refractivity contribution in [2.24, 2.45) is 0 Å². The van der Waals surface area contributed by atoms with Gasteiger partial charge in [0.05, 0.1) is 19.4 Å². The number of thioether (sulfide) groups is 1. The van der Waals surface area contributed by atoms with Crippen LogP contribution in [0.4, 0.5) is 0 Å². The molecule has 6 nitrogen and oxygen atoms in total. The average molecular weight is 382 g/mol. The molecule has 3 aromatic rings. The third-order valence-electron chi connectivity index (χ3n) is 4.07. The molecular weight excluding hydrogens is 360 g/mol. The Labute approximate surface area is 163 Å². The van der Waals surface area contributed by atoms with E-state index < -0.39 is 0 Å². The molecule has 0 radical (unpaired) electrons. The van der Waals surface area contributed by atoms with Crippen LogP contribution in [0.2, 0.25) is 0 Å². The van der Waals surface area contributed by atoms with Gasteiger partial charge in [-0.2, -0.15) is 0 Å². The molecule has 0 spiro atoms. The van der Waals surface area contributed by atoms with Crippen molar-refractivity contribution in [3.63, 3.8) is 0 Å². The Morgan fingerprint density at radius 1 is 1.07 bits per heavy atom. The van der Waals surface area contributed by atoms with Gasteiger partial charge < -0.3 is 14.6 Å². The Kier molecular flexibility index (Phi) is 6.49. The van der Waals surface area contributed by atoms with Crippen LogP contribution in [0.3, 0.4) is 0 Å². The van der Waals surface area contributed by atoms with Crippen LogP contribution in [-0.4, -0.2) is 33.5 Å². The van der Waals surface area contributed by atoms with E-state index in [-0.39, 0.29) is 5.91 Å². The number of carbonyl (C=O) groups is 1. The van der Waals surface area contributed by atoms with Gasteiger partial charge in [-0.3, -0.25) is 4.79 Å². The van der Waals surface area contributed by atoms with Crippen LogP contribution < -0.4 is 10.1 Å². The lowest BCUT2D eigenvalue weighted by Gasteiger charge is -2.09. The van der Waals surface area contributed by atoms with Crippen LogP contribution in [0.15, 0.2) is 59.8 Å². The number of nitrogens with zero attached hydrogens (tertiary/aromatic N) is 3. The van der Waals surface area contributed by atoms with Crippen LogP contribution in [0.1, 0.15) is 17.0 Å². The van der Waals surface area contributed by atoms with Crippen molar-refractivity contribution in [3.8, 4) is 5.75 Å². The molecule has 140 valence electrons. The summed E-state index contributed by atoms with van der Waals surface area (Å²) in [7, 11) is 1.63. The number of ether oxygens (including phenoxy) is 1. The number of benzene rings is 2. The number of rotatable bonds is 8. The van der Waals surface area contributed by atoms with Crippen molar-refractivity contribution in [2.45, 2.75) is 25.2 Å². The first kappa shape index (κ1) is 19.0. The molecule has 0 saturated heterocycles. The summed E-state index contributed by atoms with van der Waals surface area (Å²) in [6.45, 7) is 3.10. The zero-order valence-electron chi connectivity index (χ0n) is 15.4. The van der Waals surface area contributed by atoms with Gasteiger partial charge in [0, 0.05) is 6.54 Å². The first-order chi connectivity index (χ1) is 13.2. The highest BCUT2D eigenvalue weighted by molar-refractivity contribution is 7.99. The van der Waals surface area contributed by atoms with Gasteiger partial charge in [0.1, 0.15) is 11.6 Å². The third-order valence-corrected chi connectivity index (χ3v) is 5.03. The second-order valence-electron chi connectivity index (χ2n) is 6.02. The van der Waals surface area contributed by atoms with E-state index in [4.69, 9.17) is 4.74 Å². The van der Waals surface area contributed by atoms with E-state index in [2.05, 4.69) is 27.6 Å². The Hall–Kier alpha value is -2.80. The molecule has 3 rings (SSSR count). The molecule has 7 heteroatoms. The minimum Gasteiger partial charge on any atom is -0.497 e. The van der Waals surface area contributed by atoms with E-state index in [1.54, 1.807) is 7.11 Å². The Morgan fingerprint density at radius 2 is 1.81 bits per heavy atom. The predicted octanol–water partition coefficient (Wildman–Crippen LogP) is 3.05. The Balaban J connectivity index is 1.52. The SMILES string of the molecule is COc1ccc(CNC(=O)CSc2nnc(C)n2Cc2ccccc2)cc1. The molecule has 0 unspecified atom stereocenters. The lowest BCUT2D eigenvalue weighted by atomic mass is 10.2. The normalized spacial score (nSPS) is 10.6. The van der Waals surface area contributed by atoms with Crippen LogP contribution in [0.5, 0.6) is 5.75 Å². The molecular formula is C20H22N4O2S. The number of nitrogens with one attached hydrogen (secondary N) is 1. The van der Waals surface area contributed by atoms with Crippen LogP contribution >= 0.6 is 11.8 Å². The molecule has 27 heavy (non-hydrogen) atoms. The first-order valence-corrected chi connectivity index (χ1v) is 9.60. The van der Waals surface area contributed by atoms with E-state index in [9.17, 15) is 4.79 Å². The number of aryl methyl sites for hydroxylation is 1. The van der Waals surface area contributed by atoms with E-state index in [1.165, 1.54) is 17.3 Å². The molecule has 0 atom stereocenters. The Bertz CT molecular complexity index is 879. The van der Waals surface area contributed by atoms with Gasteiger partial charge in [0.2, 0.25) is 5.91 Å². The second-order valence-corrected chi connectivity index (χ2v) is 6.96.